The molecule has 1 atom stereocenters. The molecule has 0 fully saturated rings. The number of hydrogen-bond acceptors (Lipinski definition) is 2. The van der Waals surface area contributed by atoms with E-state index < -0.39 is 0 Å². The molecule has 0 heterocycles. The van der Waals surface area contributed by atoms with Crippen molar-refractivity contribution in [3.05, 3.63) is 0 Å². The standard InChI is InChI=1S/C12H26OS/c1-3-5-6-7-8-9-12(13)10-11-14-4-2/h12-13H,3-11H2,1-2H3. The van der Waals surface area contributed by atoms with E-state index in [1.807, 2.05) is 11.8 Å². The van der Waals surface area contributed by atoms with Crippen molar-refractivity contribution in [2.24, 2.45) is 0 Å². The third-order valence-corrected chi connectivity index (χ3v) is 3.37. The zero-order chi connectivity index (χ0) is 10.6. The van der Waals surface area contributed by atoms with Gasteiger partial charge in [0.1, 0.15) is 0 Å². The zero-order valence-electron chi connectivity index (χ0n) is 9.80. The van der Waals surface area contributed by atoms with Crippen LogP contribution in [0.5, 0.6) is 0 Å². The molecule has 0 saturated heterocycles. The van der Waals surface area contributed by atoms with Crippen LogP contribution in [0.2, 0.25) is 0 Å². The summed E-state index contributed by atoms with van der Waals surface area (Å²) in [5.74, 6) is 2.29. The molecule has 0 aliphatic rings. The van der Waals surface area contributed by atoms with E-state index in [4.69, 9.17) is 0 Å². The fourth-order valence-corrected chi connectivity index (χ4v) is 2.22. The summed E-state index contributed by atoms with van der Waals surface area (Å²) >= 11 is 1.92. The molecule has 0 aromatic heterocycles. The monoisotopic (exact) mass is 218 g/mol. The summed E-state index contributed by atoms with van der Waals surface area (Å²) in [7, 11) is 0. The van der Waals surface area contributed by atoms with Gasteiger partial charge in [0.05, 0.1) is 6.10 Å². The summed E-state index contributed by atoms with van der Waals surface area (Å²) in [5.41, 5.74) is 0. The number of aliphatic hydroxyl groups is 1. The summed E-state index contributed by atoms with van der Waals surface area (Å²) in [5, 5.41) is 9.62. The Hall–Kier alpha value is 0.310. The molecule has 1 nitrogen and oxygen atoms in total. The van der Waals surface area contributed by atoms with Gasteiger partial charge in [-0.1, -0.05) is 46.0 Å². The van der Waals surface area contributed by atoms with E-state index in [1.54, 1.807) is 0 Å². The number of aliphatic hydroxyl groups excluding tert-OH is 1. The second-order valence-electron chi connectivity index (χ2n) is 3.84. The highest BCUT2D eigenvalue weighted by Gasteiger charge is 2.02. The van der Waals surface area contributed by atoms with Crippen molar-refractivity contribution in [3.8, 4) is 0 Å². The molecule has 0 aromatic carbocycles. The fraction of sp³-hybridized carbons (Fsp3) is 1.00. The van der Waals surface area contributed by atoms with Gasteiger partial charge >= 0.3 is 0 Å². The molecule has 0 radical (unpaired) electrons. The number of hydrogen-bond donors (Lipinski definition) is 1. The highest BCUT2D eigenvalue weighted by atomic mass is 32.2. The van der Waals surface area contributed by atoms with Gasteiger partial charge in [-0.25, -0.2) is 0 Å². The van der Waals surface area contributed by atoms with Gasteiger partial charge < -0.3 is 5.11 Å². The Morgan fingerprint density at radius 1 is 1.00 bits per heavy atom. The lowest BCUT2D eigenvalue weighted by molar-refractivity contribution is 0.157. The van der Waals surface area contributed by atoms with E-state index >= 15 is 0 Å². The Bertz CT molecular complexity index is 106. The van der Waals surface area contributed by atoms with Crippen LogP contribution in [0.4, 0.5) is 0 Å². The van der Waals surface area contributed by atoms with Crippen molar-refractivity contribution in [3.63, 3.8) is 0 Å². The molecule has 1 unspecified atom stereocenters. The van der Waals surface area contributed by atoms with Crippen molar-refractivity contribution in [1.29, 1.82) is 0 Å². The molecule has 14 heavy (non-hydrogen) atoms. The highest BCUT2D eigenvalue weighted by molar-refractivity contribution is 7.99. The summed E-state index contributed by atoms with van der Waals surface area (Å²) < 4.78 is 0. The lowest BCUT2D eigenvalue weighted by Gasteiger charge is -2.09. The number of unbranched alkanes of at least 4 members (excludes halogenated alkanes) is 4. The van der Waals surface area contributed by atoms with E-state index in [9.17, 15) is 5.11 Å². The van der Waals surface area contributed by atoms with Gasteiger partial charge in [0.15, 0.2) is 0 Å². The molecule has 86 valence electrons. The molecule has 0 bridgehead atoms. The van der Waals surface area contributed by atoms with Gasteiger partial charge in [-0.15, -0.1) is 0 Å². The second kappa shape index (κ2) is 11.4. The second-order valence-corrected chi connectivity index (χ2v) is 5.24. The van der Waals surface area contributed by atoms with Crippen molar-refractivity contribution in [2.45, 2.75) is 64.9 Å². The molecule has 0 aliphatic carbocycles. The lowest BCUT2D eigenvalue weighted by atomic mass is 10.1. The van der Waals surface area contributed by atoms with Gasteiger partial charge in [-0.05, 0) is 24.3 Å². The average Bonchev–Trinajstić information content (AvgIpc) is 2.18. The van der Waals surface area contributed by atoms with Crippen molar-refractivity contribution >= 4 is 11.8 Å². The average molecular weight is 218 g/mol. The van der Waals surface area contributed by atoms with Gasteiger partial charge in [-0.3, -0.25) is 0 Å². The first kappa shape index (κ1) is 14.3. The van der Waals surface area contributed by atoms with Crippen molar-refractivity contribution in [1.82, 2.24) is 0 Å². The Kier molecular flexibility index (Phi) is 11.6. The van der Waals surface area contributed by atoms with E-state index in [2.05, 4.69) is 13.8 Å². The SMILES string of the molecule is CCCCCCCC(O)CCSCC. The minimum Gasteiger partial charge on any atom is -0.393 e. The van der Waals surface area contributed by atoms with Gasteiger partial charge in [-0.2, -0.15) is 11.8 Å². The fourth-order valence-electron chi connectivity index (χ4n) is 1.49. The zero-order valence-corrected chi connectivity index (χ0v) is 10.6. The third kappa shape index (κ3) is 10.4. The molecule has 0 spiro atoms. The quantitative estimate of drug-likeness (QED) is 0.562. The van der Waals surface area contributed by atoms with Crippen LogP contribution in [0.25, 0.3) is 0 Å². The topological polar surface area (TPSA) is 20.2 Å². The molecule has 0 amide bonds. The molecule has 0 rings (SSSR count). The van der Waals surface area contributed by atoms with Crippen LogP contribution >= 0.6 is 11.8 Å². The van der Waals surface area contributed by atoms with E-state index in [0.29, 0.717) is 0 Å². The lowest BCUT2D eigenvalue weighted by Crippen LogP contribution is -2.07. The Labute approximate surface area is 93.7 Å². The molecular weight excluding hydrogens is 192 g/mol. The number of rotatable bonds is 10. The van der Waals surface area contributed by atoms with E-state index in [-0.39, 0.29) is 6.10 Å². The Morgan fingerprint density at radius 3 is 2.36 bits per heavy atom. The molecule has 0 aromatic rings. The van der Waals surface area contributed by atoms with Crippen molar-refractivity contribution < 1.29 is 5.11 Å². The van der Waals surface area contributed by atoms with Crippen LogP contribution < -0.4 is 0 Å². The maximum atomic E-state index is 9.62. The normalized spacial score (nSPS) is 13.1. The largest absolute Gasteiger partial charge is 0.393 e. The molecule has 1 N–H and O–H groups in total. The van der Waals surface area contributed by atoms with Crippen LogP contribution in [-0.4, -0.2) is 22.7 Å². The predicted octanol–water partition coefficient (Wildman–Crippen LogP) is 3.85. The van der Waals surface area contributed by atoms with Gasteiger partial charge in [0, 0.05) is 0 Å². The smallest absolute Gasteiger partial charge is 0.0548 e. The molecule has 0 saturated carbocycles. The molecular formula is C12H26OS. The van der Waals surface area contributed by atoms with Crippen molar-refractivity contribution in [2.75, 3.05) is 11.5 Å². The van der Waals surface area contributed by atoms with Crippen LogP contribution in [0, 0.1) is 0 Å². The maximum absolute atomic E-state index is 9.62. The summed E-state index contributed by atoms with van der Waals surface area (Å²) in [6.45, 7) is 4.40. The van der Waals surface area contributed by atoms with Crippen LogP contribution in [-0.2, 0) is 0 Å². The number of thioether (sulfide) groups is 1. The maximum Gasteiger partial charge on any atom is 0.0548 e. The van der Waals surface area contributed by atoms with Crippen LogP contribution in [0.1, 0.15) is 58.8 Å². The van der Waals surface area contributed by atoms with E-state index in [0.717, 1.165) is 18.6 Å². The summed E-state index contributed by atoms with van der Waals surface area (Å²) in [6, 6.07) is 0. The Balaban J connectivity index is 3.06. The van der Waals surface area contributed by atoms with Crippen LogP contribution in [0.15, 0.2) is 0 Å². The first-order valence-corrected chi connectivity index (χ1v) is 7.22. The molecule has 0 aliphatic heterocycles. The van der Waals surface area contributed by atoms with Crippen LogP contribution in [0.3, 0.4) is 0 Å². The minimum absolute atomic E-state index is 0.0457. The summed E-state index contributed by atoms with van der Waals surface area (Å²) in [4.78, 5) is 0. The third-order valence-electron chi connectivity index (χ3n) is 2.44. The predicted molar refractivity (Wildman–Crippen MR) is 67.0 cm³/mol. The summed E-state index contributed by atoms with van der Waals surface area (Å²) in [6.07, 6.45) is 8.43. The first-order chi connectivity index (χ1) is 6.81. The van der Waals surface area contributed by atoms with Gasteiger partial charge in [0.25, 0.3) is 0 Å². The first-order valence-electron chi connectivity index (χ1n) is 6.07. The van der Waals surface area contributed by atoms with Gasteiger partial charge in [0.2, 0.25) is 0 Å². The minimum atomic E-state index is -0.0457. The molecule has 2 heteroatoms. The van der Waals surface area contributed by atoms with E-state index in [1.165, 1.54) is 37.9 Å². The Morgan fingerprint density at radius 2 is 1.71 bits per heavy atom. The highest BCUT2D eigenvalue weighted by Crippen LogP contribution is 2.11.